The molecule has 28 heavy (non-hydrogen) atoms. The second-order valence-corrected chi connectivity index (χ2v) is 8.84. The molecule has 2 aliphatic rings. The first kappa shape index (κ1) is 18.9. The Morgan fingerprint density at radius 2 is 2.21 bits per heavy atom. The molecule has 3 heterocycles. The Morgan fingerprint density at radius 3 is 2.86 bits per heavy atom. The van der Waals surface area contributed by atoms with Crippen molar-refractivity contribution < 1.29 is 14.4 Å². The number of hydrogen-bond acceptors (Lipinski definition) is 5. The second kappa shape index (κ2) is 7.18. The van der Waals surface area contributed by atoms with Crippen molar-refractivity contribution in [3.63, 3.8) is 0 Å². The van der Waals surface area contributed by atoms with Crippen LogP contribution in [0.25, 0.3) is 0 Å². The van der Waals surface area contributed by atoms with Crippen LogP contribution in [0.1, 0.15) is 24.5 Å². The predicted molar refractivity (Wildman–Crippen MR) is 108 cm³/mol. The number of nitrogens with one attached hydrogen (secondary N) is 1. The monoisotopic (exact) mass is 418 g/mol. The highest BCUT2D eigenvalue weighted by atomic mass is 35.5. The number of thiazole rings is 1. The number of fused-ring (bicyclic) bond motifs is 2. The van der Waals surface area contributed by atoms with Gasteiger partial charge in [0, 0.05) is 44.1 Å². The van der Waals surface area contributed by atoms with Gasteiger partial charge in [-0.15, -0.1) is 0 Å². The van der Waals surface area contributed by atoms with Crippen molar-refractivity contribution in [1.82, 2.24) is 9.88 Å². The average molecular weight is 419 g/mol. The van der Waals surface area contributed by atoms with Gasteiger partial charge in [0.2, 0.25) is 5.91 Å². The molecule has 9 heteroatoms. The van der Waals surface area contributed by atoms with Crippen LogP contribution in [0, 0.1) is 0 Å². The summed E-state index contributed by atoms with van der Waals surface area (Å²) in [6, 6.07) is 5.47. The summed E-state index contributed by atoms with van der Waals surface area (Å²) < 4.78 is 0.500. The first-order valence-corrected chi connectivity index (χ1v) is 10.1. The van der Waals surface area contributed by atoms with E-state index < -0.39 is 0 Å². The smallest absolute Gasteiger partial charge is 0.328 e. The number of aromatic nitrogens is 1. The van der Waals surface area contributed by atoms with Crippen LogP contribution in [-0.4, -0.2) is 47.7 Å². The molecule has 7 nitrogen and oxygen atoms in total. The number of hydrogen-bond donors (Lipinski definition) is 1. The van der Waals surface area contributed by atoms with E-state index in [2.05, 4.69) is 10.3 Å². The van der Waals surface area contributed by atoms with Crippen molar-refractivity contribution in [2.24, 2.45) is 0 Å². The molecule has 1 spiro atoms. The molecule has 146 valence electrons. The SMILES string of the molecule is CC(=O)N1CCC2(C1)CN(C(=O)Nc1ncc(Cl)s1)c1ccc(CC=O)cc12. The molecular weight excluding hydrogens is 400 g/mol. The number of aldehydes is 1. The molecule has 1 aromatic carbocycles. The predicted octanol–water partition coefficient (Wildman–Crippen LogP) is 3.08. The summed E-state index contributed by atoms with van der Waals surface area (Å²) in [6.07, 6.45) is 3.46. The van der Waals surface area contributed by atoms with E-state index in [0.29, 0.717) is 35.5 Å². The Kier molecular flexibility index (Phi) is 4.84. The maximum atomic E-state index is 13.0. The number of likely N-dealkylation sites (tertiary alicyclic amines) is 1. The summed E-state index contributed by atoms with van der Waals surface area (Å²) in [4.78, 5) is 43.4. The molecule has 1 fully saturated rings. The van der Waals surface area contributed by atoms with Crippen molar-refractivity contribution in [1.29, 1.82) is 0 Å². The lowest BCUT2D eigenvalue weighted by molar-refractivity contribution is -0.128. The van der Waals surface area contributed by atoms with Crippen LogP contribution in [0.2, 0.25) is 4.34 Å². The van der Waals surface area contributed by atoms with E-state index >= 15 is 0 Å². The van der Waals surface area contributed by atoms with E-state index in [-0.39, 0.29) is 17.4 Å². The molecule has 1 atom stereocenters. The maximum Gasteiger partial charge on any atom is 0.328 e. The number of benzene rings is 1. The third-order valence-corrected chi connectivity index (χ3v) is 6.47. The van der Waals surface area contributed by atoms with Gasteiger partial charge in [-0.25, -0.2) is 9.78 Å². The van der Waals surface area contributed by atoms with Crippen molar-refractivity contribution in [3.05, 3.63) is 39.9 Å². The Balaban J connectivity index is 1.68. The van der Waals surface area contributed by atoms with Crippen molar-refractivity contribution in [2.45, 2.75) is 25.2 Å². The molecule has 0 aliphatic carbocycles. The minimum absolute atomic E-state index is 0.0304. The Bertz CT molecular complexity index is 962. The summed E-state index contributed by atoms with van der Waals surface area (Å²) in [6.45, 7) is 3.26. The van der Waals surface area contributed by atoms with Crippen LogP contribution < -0.4 is 10.2 Å². The highest BCUT2D eigenvalue weighted by Crippen LogP contribution is 2.47. The summed E-state index contributed by atoms with van der Waals surface area (Å²) in [5, 5.41) is 3.24. The van der Waals surface area contributed by atoms with E-state index in [1.54, 1.807) is 11.8 Å². The molecule has 0 bridgehead atoms. The minimum atomic E-state index is -0.322. The van der Waals surface area contributed by atoms with Gasteiger partial charge in [0.1, 0.15) is 10.6 Å². The fraction of sp³-hybridized carbons (Fsp3) is 0.368. The zero-order valence-electron chi connectivity index (χ0n) is 15.3. The Labute approximate surface area is 171 Å². The van der Waals surface area contributed by atoms with E-state index in [1.165, 1.54) is 17.5 Å². The number of urea groups is 1. The summed E-state index contributed by atoms with van der Waals surface area (Å²) >= 11 is 7.10. The number of amides is 3. The van der Waals surface area contributed by atoms with Gasteiger partial charge in [-0.1, -0.05) is 35.1 Å². The van der Waals surface area contributed by atoms with Gasteiger partial charge in [0.25, 0.3) is 0 Å². The van der Waals surface area contributed by atoms with Crippen molar-refractivity contribution in [3.8, 4) is 0 Å². The lowest BCUT2D eigenvalue weighted by Crippen LogP contribution is -2.41. The lowest BCUT2D eigenvalue weighted by atomic mass is 9.81. The van der Waals surface area contributed by atoms with E-state index in [4.69, 9.17) is 11.6 Å². The largest absolute Gasteiger partial charge is 0.342 e. The fourth-order valence-corrected chi connectivity index (χ4v) is 4.88. The third-order valence-electron chi connectivity index (χ3n) is 5.44. The molecule has 3 amide bonds. The zero-order valence-corrected chi connectivity index (χ0v) is 16.8. The highest BCUT2D eigenvalue weighted by molar-refractivity contribution is 7.19. The van der Waals surface area contributed by atoms with Crippen LogP contribution in [0.5, 0.6) is 0 Å². The van der Waals surface area contributed by atoms with E-state index in [0.717, 1.165) is 29.5 Å². The molecule has 1 saturated heterocycles. The van der Waals surface area contributed by atoms with Crippen molar-refractivity contribution in [2.75, 3.05) is 29.9 Å². The molecular formula is C19H19ClN4O3S. The second-order valence-electron chi connectivity index (χ2n) is 7.18. The van der Waals surface area contributed by atoms with Gasteiger partial charge in [-0.05, 0) is 23.6 Å². The van der Waals surface area contributed by atoms with Gasteiger partial charge in [-0.3, -0.25) is 15.0 Å². The van der Waals surface area contributed by atoms with E-state index in [9.17, 15) is 14.4 Å². The molecule has 4 rings (SSSR count). The summed E-state index contributed by atoms with van der Waals surface area (Å²) in [5.74, 6) is 0.0304. The zero-order chi connectivity index (χ0) is 19.9. The number of carbonyl (C=O) groups excluding carboxylic acids is 3. The fourth-order valence-electron chi connectivity index (χ4n) is 4.08. The topological polar surface area (TPSA) is 82.6 Å². The molecule has 2 aromatic rings. The summed E-state index contributed by atoms with van der Waals surface area (Å²) in [5.41, 5.74) is 2.41. The lowest BCUT2D eigenvalue weighted by Gasteiger charge is -2.25. The van der Waals surface area contributed by atoms with Crippen LogP contribution in [0.15, 0.2) is 24.4 Å². The van der Waals surface area contributed by atoms with E-state index in [1.807, 2.05) is 23.1 Å². The standard InChI is InChI=1S/C19H19ClN4O3S/c1-12(26)23-6-5-19(10-23)11-24(18(27)22-17-21-9-16(20)28-17)15-3-2-13(4-7-25)8-14(15)19/h2-3,7-9H,4-6,10-11H2,1H3,(H,21,22,27). The van der Waals surface area contributed by atoms with Crippen LogP contribution in [-0.2, 0) is 21.4 Å². The molecule has 1 N–H and O–H groups in total. The van der Waals surface area contributed by atoms with Gasteiger partial charge in [0.15, 0.2) is 5.13 Å². The molecule has 1 aromatic heterocycles. The number of nitrogens with zero attached hydrogens (tertiary/aromatic N) is 3. The summed E-state index contributed by atoms with van der Waals surface area (Å²) in [7, 11) is 0. The average Bonchev–Trinajstić information content (AvgIpc) is 3.35. The number of halogens is 1. The van der Waals surface area contributed by atoms with Crippen LogP contribution >= 0.6 is 22.9 Å². The van der Waals surface area contributed by atoms with Gasteiger partial charge >= 0.3 is 6.03 Å². The highest BCUT2D eigenvalue weighted by Gasteiger charge is 2.49. The first-order valence-electron chi connectivity index (χ1n) is 8.94. The molecule has 0 saturated carbocycles. The van der Waals surface area contributed by atoms with Crippen molar-refractivity contribution >= 4 is 52.0 Å². The molecule has 1 unspecified atom stereocenters. The normalized spacial score (nSPS) is 20.5. The Morgan fingerprint density at radius 1 is 1.39 bits per heavy atom. The molecule has 2 aliphatic heterocycles. The number of carbonyl (C=O) groups is 3. The van der Waals surface area contributed by atoms with Gasteiger partial charge in [0.05, 0.1) is 6.20 Å². The Hall–Kier alpha value is -2.45. The van der Waals surface area contributed by atoms with Gasteiger partial charge in [-0.2, -0.15) is 0 Å². The van der Waals surface area contributed by atoms with Crippen LogP contribution in [0.4, 0.5) is 15.6 Å². The third kappa shape index (κ3) is 3.27. The number of rotatable bonds is 3. The minimum Gasteiger partial charge on any atom is -0.342 e. The first-order chi connectivity index (χ1) is 13.4. The number of anilines is 2. The maximum absolute atomic E-state index is 13.0. The molecule has 0 radical (unpaired) electrons. The quantitative estimate of drug-likeness (QED) is 0.776. The van der Waals surface area contributed by atoms with Crippen LogP contribution in [0.3, 0.4) is 0 Å². The van der Waals surface area contributed by atoms with Gasteiger partial charge < -0.3 is 9.69 Å².